The van der Waals surface area contributed by atoms with Crippen LogP contribution < -0.4 is 5.56 Å². The number of carbonyl (C=O) groups is 1. The minimum absolute atomic E-state index is 0.0267. The van der Waals surface area contributed by atoms with Crippen LogP contribution in [0.15, 0.2) is 47.4 Å². The zero-order valence-electron chi connectivity index (χ0n) is 12.9. The number of fused-ring (bicyclic) bond motifs is 1. The van der Waals surface area contributed by atoms with Gasteiger partial charge < -0.3 is 9.88 Å². The van der Waals surface area contributed by atoms with Crippen LogP contribution in [0.3, 0.4) is 0 Å². The Bertz CT molecular complexity index is 933. The summed E-state index contributed by atoms with van der Waals surface area (Å²) in [5.41, 5.74) is 1.23. The maximum Gasteiger partial charge on any atom is 0.263 e. The summed E-state index contributed by atoms with van der Waals surface area (Å²) in [5.74, 6) is 0.0964. The molecule has 0 spiro atoms. The van der Waals surface area contributed by atoms with Crippen molar-refractivity contribution in [1.82, 2.24) is 19.9 Å². The van der Waals surface area contributed by atoms with Gasteiger partial charge >= 0.3 is 0 Å². The molecule has 1 amide bonds. The van der Waals surface area contributed by atoms with Gasteiger partial charge in [0, 0.05) is 18.6 Å². The van der Waals surface area contributed by atoms with Crippen molar-refractivity contribution in [3.63, 3.8) is 0 Å². The summed E-state index contributed by atoms with van der Waals surface area (Å²) in [5, 5.41) is 1.05. The fourth-order valence-electron chi connectivity index (χ4n) is 2.35. The van der Waals surface area contributed by atoms with E-state index in [0.717, 1.165) is 16.6 Å². The third-order valence-electron chi connectivity index (χ3n) is 3.56. The van der Waals surface area contributed by atoms with Crippen LogP contribution in [0, 0.1) is 6.92 Å². The molecule has 0 aliphatic heterocycles. The Kier molecular flexibility index (Phi) is 3.89. The molecule has 0 saturated carbocycles. The molecule has 0 unspecified atom stereocenters. The predicted octanol–water partition coefficient (Wildman–Crippen LogP) is 1.90. The highest BCUT2D eigenvalue weighted by atomic mass is 16.2. The molecule has 0 radical (unpaired) electrons. The number of hydrogen-bond donors (Lipinski definition) is 1. The summed E-state index contributed by atoms with van der Waals surface area (Å²) < 4.78 is 0. The smallest absolute Gasteiger partial charge is 0.263 e. The van der Waals surface area contributed by atoms with E-state index >= 15 is 0 Å². The second kappa shape index (κ2) is 6.00. The molecule has 0 aliphatic rings. The normalized spacial score (nSPS) is 10.7. The van der Waals surface area contributed by atoms with Gasteiger partial charge in [0.2, 0.25) is 0 Å². The van der Waals surface area contributed by atoms with Gasteiger partial charge in [-0.2, -0.15) is 0 Å². The lowest BCUT2D eigenvalue weighted by Gasteiger charge is -2.16. The van der Waals surface area contributed by atoms with Crippen molar-refractivity contribution in [3.8, 4) is 0 Å². The number of amides is 1. The van der Waals surface area contributed by atoms with Gasteiger partial charge in [-0.1, -0.05) is 24.3 Å². The summed E-state index contributed by atoms with van der Waals surface area (Å²) >= 11 is 0. The highest BCUT2D eigenvalue weighted by Crippen LogP contribution is 2.13. The number of nitrogens with zero attached hydrogens (tertiary/aromatic N) is 3. The molecular formula is C17H16N4O2. The number of aromatic nitrogens is 3. The molecular weight excluding hydrogens is 292 g/mol. The SMILES string of the molecule is Cc1ncc(C(=O)N(C)Cc2ccc3ccccc3n2)c(=O)[nH]1. The van der Waals surface area contributed by atoms with Crippen LogP contribution in [0.1, 0.15) is 21.9 Å². The molecule has 0 bridgehead atoms. The molecule has 1 aromatic carbocycles. The lowest BCUT2D eigenvalue weighted by atomic mass is 10.2. The number of aryl methyl sites for hydroxylation is 1. The highest BCUT2D eigenvalue weighted by molar-refractivity contribution is 5.93. The first-order chi connectivity index (χ1) is 11.0. The number of hydrogen-bond acceptors (Lipinski definition) is 4. The molecule has 2 heterocycles. The van der Waals surface area contributed by atoms with Crippen LogP contribution in [0.2, 0.25) is 0 Å². The van der Waals surface area contributed by atoms with Crippen molar-refractivity contribution in [2.45, 2.75) is 13.5 Å². The Morgan fingerprint density at radius 1 is 1.22 bits per heavy atom. The minimum atomic E-state index is -0.430. The first kappa shape index (κ1) is 14.9. The van der Waals surface area contributed by atoms with Crippen molar-refractivity contribution >= 4 is 16.8 Å². The van der Waals surface area contributed by atoms with Gasteiger partial charge in [-0.05, 0) is 19.1 Å². The van der Waals surface area contributed by atoms with Gasteiger partial charge in [0.25, 0.3) is 11.5 Å². The first-order valence-electron chi connectivity index (χ1n) is 7.20. The van der Waals surface area contributed by atoms with Crippen LogP contribution in [0.5, 0.6) is 0 Å². The van der Waals surface area contributed by atoms with Crippen LogP contribution in [0.4, 0.5) is 0 Å². The Hall–Kier alpha value is -3.02. The first-order valence-corrected chi connectivity index (χ1v) is 7.20. The third kappa shape index (κ3) is 3.11. The molecule has 0 fully saturated rings. The van der Waals surface area contributed by atoms with Gasteiger partial charge in [-0.25, -0.2) is 4.98 Å². The number of carbonyl (C=O) groups excluding carboxylic acids is 1. The van der Waals surface area contributed by atoms with Gasteiger partial charge in [0.15, 0.2) is 0 Å². The number of para-hydroxylation sites is 1. The van der Waals surface area contributed by atoms with Crippen LogP contribution in [-0.4, -0.2) is 32.8 Å². The Balaban J connectivity index is 1.83. The largest absolute Gasteiger partial charge is 0.336 e. The van der Waals surface area contributed by atoms with Crippen LogP contribution in [0.25, 0.3) is 10.9 Å². The van der Waals surface area contributed by atoms with Gasteiger partial charge in [0.05, 0.1) is 17.8 Å². The summed E-state index contributed by atoms with van der Waals surface area (Å²) in [6.45, 7) is 1.98. The van der Waals surface area contributed by atoms with E-state index in [2.05, 4.69) is 15.0 Å². The Morgan fingerprint density at radius 3 is 2.78 bits per heavy atom. The summed E-state index contributed by atoms with van der Waals surface area (Å²) in [7, 11) is 1.64. The number of rotatable bonds is 3. The van der Waals surface area contributed by atoms with E-state index in [4.69, 9.17) is 0 Å². The maximum atomic E-state index is 12.4. The fraction of sp³-hybridized carbons (Fsp3) is 0.176. The van der Waals surface area contributed by atoms with E-state index in [1.807, 2.05) is 36.4 Å². The Morgan fingerprint density at radius 2 is 2.00 bits per heavy atom. The lowest BCUT2D eigenvalue weighted by Crippen LogP contribution is -2.32. The summed E-state index contributed by atoms with van der Waals surface area (Å²) in [4.78, 5) is 36.7. The number of benzene rings is 1. The summed E-state index contributed by atoms with van der Waals surface area (Å²) in [6, 6.07) is 11.6. The maximum absolute atomic E-state index is 12.4. The average Bonchev–Trinajstić information content (AvgIpc) is 2.54. The number of pyridine rings is 1. The fourth-order valence-corrected chi connectivity index (χ4v) is 2.35. The lowest BCUT2D eigenvalue weighted by molar-refractivity contribution is 0.0781. The number of H-pyrrole nitrogens is 1. The highest BCUT2D eigenvalue weighted by Gasteiger charge is 2.16. The van der Waals surface area contributed by atoms with Crippen molar-refractivity contribution in [2.24, 2.45) is 0 Å². The monoisotopic (exact) mass is 308 g/mol. The molecule has 0 aliphatic carbocycles. The number of nitrogens with one attached hydrogen (secondary N) is 1. The van der Waals surface area contributed by atoms with E-state index in [0.29, 0.717) is 12.4 Å². The van der Waals surface area contributed by atoms with E-state index in [-0.39, 0.29) is 11.5 Å². The predicted molar refractivity (Wildman–Crippen MR) is 87.1 cm³/mol. The van der Waals surface area contributed by atoms with Gasteiger partial charge in [-0.3, -0.25) is 14.6 Å². The zero-order valence-corrected chi connectivity index (χ0v) is 12.9. The second-order valence-corrected chi connectivity index (χ2v) is 5.37. The van der Waals surface area contributed by atoms with E-state index in [9.17, 15) is 9.59 Å². The van der Waals surface area contributed by atoms with Crippen molar-refractivity contribution in [1.29, 1.82) is 0 Å². The zero-order chi connectivity index (χ0) is 16.4. The van der Waals surface area contributed by atoms with Crippen LogP contribution in [-0.2, 0) is 6.54 Å². The second-order valence-electron chi connectivity index (χ2n) is 5.37. The number of aromatic amines is 1. The van der Waals surface area contributed by atoms with E-state index < -0.39 is 5.56 Å². The molecule has 2 aromatic heterocycles. The molecule has 6 heteroatoms. The summed E-state index contributed by atoms with van der Waals surface area (Å²) in [6.07, 6.45) is 1.31. The van der Waals surface area contributed by atoms with E-state index in [1.54, 1.807) is 14.0 Å². The molecule has 0 saturated heterocycles. The molecule has 116 valence electrons. The molecule has 3 rings (SSSR count). The van der Waals surface area contributed by atoms with Gasteiger partial charge in [0.1, 0.15) is 11.4 Å². The van der Waals surface area contributed by atoms with Crippen molar-refractivity contribution in [2.75, 3.05) is 7.05 Å². The molecule has 6 nitrogen and oxygen atoms in total. The topological polar surface area (TPSA) is 79.0 Å². The molecule has 23 heavy (non-hydrogen) atoms. The Labute approximate surface area is 132 Å². The average molecular weight is 308 g/mol. The van der Waals surface area contributed by atoms with Crippen LogP contribution >= 0.6 is 0 Å². The molecule has 0 atom stereocenters. The quantitative estimate of drug-likeness (QED) is 0.801. The standard InChI is InChI=1S/C17H16N4O2/c1-11-18-9-14(16(22)19-11)17(23)21(2)10-13-8-7-12-5-3-4-6-15(12)20-13/h3-9H,10H2,1-2H3,(H,18,19,22). The van der Waals surface area contributed by atoms with Crippen molar-refractivity contribution < 1.29 is 4.79 Å². The molecule has 3 aromatic rings. The van der Waals surface area contributed by atoms with Gasteiger partial charge in [-0.15, -0.1) is 0 Å². The minimum Gasteiger partial charge on any atom is -0.336 e. The third-order valence-corrected chi connectivity index (χ3v) is 3.56. The molecule has 1 N–H and O–H groups in total. The van der Waals surface area contributed by atoms with Crippen molar-refractivity contribution in [3.05, 3.63) is 70.0 Å². The van der Waals surface area contributed by atoms with E-state index in [1.165, 1.54) is 11.1 Å².